The number of amides is 2. The number of thioether (sulfide) groups is 1. The van der Waals surface area contributed by atoms with Crippen molar-refractivity contribution in [1.82, 2.24) is 14.8 Å². The van der Waals surface area contributed by atoms with E-state index in [0.29, 0.717) is 22.3 Å². The molecule has 0 aliphatic carbocycles. The number of anilines is 1. The van der Waals surface area contributed by atoms with Gasteiger partial charge in [0.15, 0.2) is 11.0 Å². The smallest absolute Gasteiger partial charge is 0.341 e. The lowest BCUT2D eigenvalue weighted by Gasteiger charge is -2.08. The van der Waals surface area contributed by atoms with Crippen molar-refractivity contribution in [3.05, 3.63) is 51.9 Å². The number of rotatable bonds is 10. The van der Waals surface area contributed by atoms with Crippen LogP contribution in [0.3, 0.4) is 0 Å². The fourth-order valence-electron chi connectivity index (χ4n) is 2.85. The molecule has 1 aromatic carbocycles. The van der Waals surface area contributed by atoms with Gasteiger partial charge in [0.2, 0.25) is 5.91 Å². The number of aromatic nitrogens is 3. The van der Waals surface area contributed by atoms with Crippen molar-refractivity contribution in [3.8, 4) is 5.75 Å². The molecule has 0 spiro atoms. The molecule has 34 heavy (non-hydrogen) atoms. The fourth-order valence-corrected chi connectivity index (χ4v) is 4.65. The van der Waals surface area contributed by atoms with Crippen LogP contribution < -0.4 is 15.8 Å². The van der Waals surface area contributed by atoms with Crippen LogP contribution in [0.15, 0.2) is 29.4 Å². The van der Waals surface area contributed by atoms with Crippen LogP contribution in [0.4, 0.5) is 9.39 Å². The van der Waals surface area contributed by atoms with Gasteiger partial charge < -0.3 is 25.1 Å². The van der Waals surface area contributed by atoms with Crippen molar-refractivity contribution in [2.75, 3.05) is 17.7 Å². The summed E-state index contributed by atoms with van der Waals surface area (Å²) in [6, 6.07) is 5.60. The highest BCUT2D eigenvalue weighted by Crippen LogP contribution is 2.33. The Labute approximate surface area is 202 Å². The lowest BCUT2D eigenvalue weighted by Crippen LogP contribution is -2.17. The average molecular weight is 508 g/mol. The fraction of sp³-hybridized carbons (Fsp3) is 0.286. The van der Waals surface area contributed by atoms with Crippen LogP contribution in [0.2, 0.25) is 0 Å². The number of primary amides is 1. The largest absolute Gasteiger partial charge is 0.486 e. The Bertz CT molecular complexity index is 1210. The molecule has 3 aromatic rings. The molecule has 13 heteroatoms. The van der Waals surface area contributed by atoms with Gasteiger partial charge in [0.1, 0.15) is 23.2 Å². The Balaban J connectivity index is 1.63. The number of hydrogen-bond donors (Lipinski definition) is 2. The van der Waals surface area contributed by atoms with E-state index in [0.717, 1.165) is 23.1 Å². The van der Waals surface area contributed by atoms with Crippen LogP contribution in [0.25, 0.3) is 0 Å². The molecule has 2 amide bonds. The summed E-state index contributed by atoms with van der Waals surface area (Å²) in [5, 5.41) is 11.4. The van der Waals surface area contributed by atoms with Crippen LogP contribution in [0.1, 0.15) is 38.3 Å². The van der Waals surface area contributed by atoms with Crippen molar-refractivity contribution in [2.24, 2.45) is 12.8 Å². The molecule has 0 aliphatic heterocycles. The summed E-state index contributed by atoms with van der Waals surface area (Å²) >= 11 is 2.05. The molecule has 0 fully saturated rings. The van der Waals surface area contributed by atoms with E-state index in [2.05, 4.69) is 15.5 Å². The van der Waals surface area contributed by atoms with E-state index >= 15 is 0 Å². The molecule has 2 aromatic heterocycles. The number of hydrogen-bond acceptors (Lipinski definition) is 9. The highest BCUT2D eigenvalue weighted by molar-refractivity contribution is 7.99. The Morgan fingerprint density at radius 2 is 1.94 bits per heavy atom. The van der Waals surface area contributed by atoms with Crippen LogP contribution in [-0.2, 0) is 23.2 Å². The number of halogens is 1. The molecule has 0 atom stereocenters. The number of carbonyl (C=O) groups excluding carboxylic acids is 3. The van der Waals surface area contributed by atoms with Crippen molar-refractivity contribution >= 4 is 45.9 Å². The predicted molar refractivity (Wildman–Crippen MR) is 125 cm³/mol. The van der Waals surface area contributed by atoms with E-state index in [4.69, 9.17) is 15.2 Å². The van der Waals surface area contributed by atoms with Gasteiger partial charge in [-0.2, -0.15) is 0 Å². The molecule has 0 radical (unpaired) electrons. The molecule has 0 saturated heterocycles. The third kappa shape index (κ3) is 5.91. The highest BCUT2D eigenvalue weighted by atomic mass is 32.2. The number of nitrogens with one attached hydrogen (secondary N) is 1. The second-order valence-electron chi connectivity index (χ2n) is 6.88. The maximum Gasteiger partial charge on any atom is 0.341 e. The lowest BCUT2D eigenvalue weighted by molar-refractivity contribution is -0.113. The second kappa shape index (κ2) is 11.1. The van der Waals surface area contributed by atoms with Gasteiger partial charge in [-0.1, -0.05) is 11.8 Å². The van der Waals surface area contributed by atoms with E-state index in [1.54, 1.807) is 25.5 Å². The molecular weight excluding hydrogens is 485 g/mol. The Kier molecular flexibility index (Phi) is 8.23. The molecule has 0 unspecified atom stereocenters. The summed E-state index contributed by atoms with van der Waals surface area (Å²) in [5.74, 6) is -1.16. The molecule has 10 nitrogen and oxygen atoms in total. The molecule has 3 rings (SSSR count). The Hall–Kier alpha value is -3.45. The van der Waals surface area contributed by atoms with Gasteiger partial charge in [0.25, 0.3) is 5.91 Å². The summed E-state index contributed by atoms with van der Waals surface area (Å²) in [6.07, 6.45) is 0. The summed E-state index contributed by atoms with van der Waals surface area (Å²) < 4.78 is 25.3. The minimum atomic E-state index is -0.697. The van der Waals surface area contributed by atoms with Crippen molar-refractivity contribution in [3.63, 3.8) is 0 Å². The van der Waals surface area contributed by atoms with E-state index in [1.807, 2.05) is 0 Å². The maximum absolute atomic E-state index is 13.0. The van der Waals surface area contributed by atoms with E-state index < -0.39 is 17.8 Å². The minimum absolute atomic E-state index is 0.0318. The van der Waals surface area contributed by atoms with Gasteiger partial charge in [0, 0.05) is 7.05 Å². The number of nitrogens with two attached hydrogens (primary N) is 1. The number of carbonyl (C=O) groups is 3. The van der Waals surface area contributed by atoms with Crippen LogP contribution >= 0.6 is 23.1 Å². The highest BCUT2D eigenvalue weighted by Gasteiger charge is 2.26. The third-order valence-electron chi connectivity index (χ3n) is 4.54. The Morgan fingerprint density at radius 1 is 1.24 bits per heavy atom. The van der Waals surface area contributed by atoms with Gasteiger partial charge in [-0.3, -0.25) is 9.59 Å². The van der Waals surface area contributed by atoms with Gasteiger partial charge in [0.05, 0.1) is 22.8 Å². The van der Waals surface area contributed by atoms with Crippen molar-refractivity contribution in [1.29, 1.82) is 0 Å². The first-order valence-corrected chi connectivity index (χ1v) is 11.8. The summed E-state index contributed by atoms with van der Waals surface area (Å²) in [4.78, 5) is 36.7. The quantitative estimate of drug-likeness (QED) is 0.316. The molecular formula is C21H22FN5O5S2. The first kappa shape index (κ1) is 25.2. The molecule has 2 heterocycles. The molecule has 0 bridgehead atoms. The maximum atomic E-state index is 13.0. The molecule has 0 aliphatic rings. The van der Waals surface area contributed by atoms with Crippen LogP contribution in [0, 0.1) is 12.7 Å². The average Bonchev–Trinajstić information content (AvgIpc) is 3.31. The van der Waals surface area contributed by atoms with Gasteiger partial charge in [-0.15, -0.1) is 21.5 Å². The number of ether oxygens (including phenoxy) is 2. The summed E-state index contributed by atoms with van der Waals surface area (Å²) in [7, 11) is 1.73. The molecule has 0 saturated carbocycles. The zero-order chi connectivity index (χ0) is 24.8. The monoisotopic (exact) mass is 507 g/mol. The van der Waals surface area contributed by atoms with Gasteiger partial charge >= 0.3 is 5.97 Å². The lowest BCUT2D eigenvalue weighted by atomic mass is 10.1. The van der Waals surface area contributed by atoms with Crippen LogP contribution in [0.5, 0.6) is 5.75 Å². The minimum Gasteiger partial charge on any atom is -0.486 e. The number of thiophene rings is 1. The van der Waals surface area contributed by atoms with Crippen molar-refractivity contribution in [2.45, 2.75) is 25.6 Å². The SMILES string of the molecule is CCOC(=O)c1c(NC(=O)CSc2nnc(COc3ccc(F)cc3)n2C)sc(C(N)=O)c1C. The topological polar surface area (TPSA) is 138 Å². The van der Waals surface area contributed by atoms with Gasteiger partial charge in [-0.05, 0) is 43.7 Å². The van der Waals surface area contributed by atoms with Crippen LogP contribution in [-0.4, -0.2) is 44.9 Å². The van der Waals surface area contributed by atoms with E-state index in [9.17, 15) is 18.8 Å². The summed E-state index contributed by atoms with van der Waals surface area (Å²) in [6.45, 7) is 3.48. The number of nitrogens with zero attached hydrogens (tertiary/aromatic N) is 3. The van der Waals surface area contributed by atoms with Crippen molar-refractivity contribution < 1.29 is 28.2 Å². The zero-order valence-electron chi connectivity index (χ0n) is 18.6. The molecule has 180 valence electrons. The van der Waals surface area contributed by atoms with Gasteiger partial charge in [-0.25, -0.2) is 9.18 Å². The first-order valence-electron chi connectivity index (χ1n) is 10.0. The normalized spacial score (nSPS) is 10.7. The third-order valence-corrected chi connectivity index (χ3v) is 6.78. The summed E-state index contributed by atoms with van der Waals surface area (Å²) in [5.41, 5.74) is 5.85. The number of esters is 1. The molecule has 3 N–H and O–H groups in total. The first-order chi connectivity index (χ1) is 16.2. The second-order valence-corrected chi connectivity index (χ2v) is 8.85. The zero-order valence-corrected chi connectivity index (χ0v) is 20.2. The standard InChI is InChI=1S/C21H22FN5O5S2/c1-4-31-20(30)16-11(2)17(18(23)29)34-19(16)24-15(28)10-33-21-26-25-14(27(21)3)9-32-13-7-5-12(22)6-8-13/h5-8H,4,9-10H2,1-3H3,(H2,23,29)(H,24,28). The van der Waals surface area contributed by atoms with E-state index in [-0.39, 0.29) is 40.2 Å². The number of benzene rings is 1. The predicted octanol–water partition coefficient (Wildman–Crippen LogP) is 2.91. The Morgan fingerprint density at radius 3 is 2.59 bits per heavy atom. The van der Waals surface area contributed by atoms with E-state index in [1.165, 1.54) is 24.3 Å².